The van der Waals surface area contributed by atoms with Crippen molar-refractivity contribution in [3.05, 3.63) is 128 Å². The number of nitrogens with one attached hydrogen (secondary N) is 2. The van der Waals surface area contributed by atoms with Gasteiger partial charge < -0.3 is 20.9 Å². The number of anilines is 1. The lowest BCUT2D eigenvalue weighted by molar-refractivity contribution is -0.155. The van der Waals surface area contributed by atoms with Crippen LogP contribution in [0.15, 0.2) is 107 Å². The van der Waals surface area contributed by atoms with Crippen LogP contribution in [0.1, 0.15) is 35.2 Å². The second-order valence-electron chi connectivity index (χ2n) is 10.4. The first-order valence-electron chi connectivity index (χ1n) is 13.9. The van der Waals surface area contributed by atoms with Crippen LogP contribution in [0, 0.1) is 0 Å². The van der Waals surface area contributed by atoms with E-state index in [-0.39, 0.29) is 27.2 Å². The van der Waals surface area contributed by atoms with Gasteiger partial charge in [-0.1, -0.05) is 131 Å². The molecule has 4 aromatic rings. The smallest absolute Gasteiger partial charge is 0.353 e. The van der Waals surface area contributed by atoms with Crippen molar-refractivity contribution in [2.24, 2.45) is 5.16 Å². The zero-order chi connectivity index (χ0) is 31.7. The molecule has 10 nitrogen and oxygen atoms in total. The molecule has 228 valence electrons. The maximum absolute atomic E-state index is 13.3. The van der Waals surface area contributed by atoms with Gasteiger partial charge in [0.1, 0.15) is 27.3 Å². The summed E-state index contributed by atoms with van der Waals surface area (Å²) in [5, 5.41) is 29.2. The van der Waals surface area contributed by atoms with Crippen molar-refractivity contribution in [2.75, 3.05) is 5.32 Å². The Morgan fingerprint density at radius 3 is 1.96 bits per heavy atom. The summed E-state index contributed by atoms with van der Waals surface area (Å²) in [5.74, 6) is -2.86. The van der Waals surface area contributed by atoms with Crippen molar-refractivity contribution < 1.29 is 24.7 Å². The van der Waals surface area contributed by atoms with Crippen LogP contribution in [-0.2, 0) is 19.9 Å². The van der Waals surface area contributed by atoms with Gasteiger partial charge in [0.05, 0.1) is 6.04 Å². The Hall–Kier alpha value is -4.71. The number of oxime groups is 1. The normalized spacial score (nSPS) is 18.2. The van der Waals surface area contributed by atoms with Crippen molar-refractivity contribution in [2.45, 2.75) is 30.5 Å². The zero-order valence-corrected chi connectivity index (χ0v) is 25.7. The molecule has 1 aromatic heterocycles. The Morgan fingerprint density at radius 1 is 0.933 bits per heavy atom. The Morgan fingerprint density at radius 2 is 1.47 bits per heavy atom. The van der Waals surface area contributed by atoms with E-state index in [1.54, 1.807) is 0 Å². The van der Waals surface area contributed by atoms with Gasteiger partial charge in [-0.2, -0.15) is 0 Å². The summed E-state index contributed by atoms with van der Waals surface area (Å²) in [7, 11) is 0. The van der Waals surface area contributed by atoms with Gasteiger partial charge in [-0.25, -0.2) is 9.78 Å². The Kier molecular flexibility index (Phi) is 8.32. The average molecular weight is 663 g/mol. The molecule has 0 radical (unpaired) electrons. The van der Waals surface area contributed by atoms with Gasteiger partial charge in [-0.3, -0.25) is 14.5 Å². The monoisotopic (exact) mass is 661 g/mol. The number of carbonyl (C=O) groups excluding carboxylic acids is 2. The summed E-state index contributed by atoms with van der Waals surface area (Å²) in [6, 6.07) is 27.8. The minimum Gasteiger partial charge on any atom is -0.477 e. The number of aromatic nitrogens is 1. The highest BCUT2D eigenvalue weighted by Gasteiger charge is 2.53. The maximum Gasteiger partial charge on any atom is 0.353 e. The van der Waals surface area contributed by atoms with Gasteiger partial charge in [0.15, 0.2) is 10.8 Å². The topological polar surface area (TPSA) is 144 Å². The van der Waals surface area contributed by atoms with Crippen LogP contribution in [0.5, 0.6) is 0 Å². The second-order valence-corrected chi connectivity index (χ2v) is 12.4. The third-order valence-electron chi connectivity index (χ3n) is 7.91. The minimum atomic E-state index is -1.33. The lowest BCUT2D eigenvalue weighted by atomic mass is 9.77. The molecule has 13 heteroatoms. The molecule has 2 atom stereocenters. The summed E-state index contributed by atoms with van der Waals surface area (Å²) in [6.45, 7) is 0. The van der Waals surface area contributed by atoms with E-state index in [4.69, 9.17) is 23.2 Å². The fraction of sp³-hybridized carbons (Fsp3) is 0.156. The highest BCUT2D eigenvalue weighted by Crippen LogP contribution is 2.42. The summed E-state index contributed by atoms with van der Waals surface area (Å²) < 4.78 is 0.0747. The number of carbonyl (C=O) groups is 3. The molecule has 0 saturated carbocycles. The quantitative estimate of drug-likeness (QED) is 0.0618. The highest BCUT2D eigenvalue weighted by atomic mass is 35.5. The number of hydrogen-bond acceptors (Lipinski definition) is 8. The van der Waals surface area contributed by atoms with Crippen LogP contribution in [0.25, 0.3) is 0 Å². The number of halogens is 2. The number of nitrogens with zero attached hydrogens (tertiary/aromatic N) is 3. The lowest BCUT2D eigenvalue weighted by Crippen LogP contribution is -2.72. The average Bonchev–Trinajstić information content (AvgIpc) is 3.42. The van der Waals surface area contributed by atoms with Crippen molar-refractivity contribution in [3.8, 4) is 0 Å². The predicted octanol–water partition coefficient (Wildman–Crippen LogP) is 5.40. The largest absolute Gasteiger partial charge is 0.477 e. The molecule has 3 aromatic carbocycles. The molecule has 2 amide bonds. The number of benzene rings is 3. The summed E-state index contributed by atoms with van der Waals surface area (Å²) >= 11 is 13.7. The standard InChI is InChI=1S/C32H25Cl2N5O5S/c33-21-16-17-22-23(29(41)39(22)26(21)30(42)43)35-28(40)25(38-44)24-27(34)45-31(36-24)37-32(18-10-4-1-5-11-18,19-12-6-2-7-13-19)20-14-8-3-9-15-20/h1-15,22-23,44H,16-17H2,(H,35,40)(H,36,37)(H,42,43)/b38-25-. The number of thiazole rings is 1. The molecule has 1 saturated heterocycles. The van der Waals surface area contributed by atoms with Crippen LogP contribution in [0.2, 0.25) is 4.34 Å². The first kappa shape index (κ1) is 30.3. The van der Waals surface area contributed by atoms with Gasteiger partial charge in [0.2, 0.25) is 0 Å². The first-order valence-corrected chi connectivity index (χ1v) is 15.4. The van der Waals surface area contributed by atoms with E-state index in [1.807, 2.05) is 91.0 Å². The van der Waals surface area contributed by atoms with Crippen LogP contribution in [0.4, 0.5) is 5.13 Å². The van der Waals surface area contributed by atoms with Crippen LogP contribution in [0.3, 0.4) is 0 Å². The lowest BCUT2D eigenvalue weighted by Gasteiger charge is -2.49. The molecule has 0 aliphatic carbocycles. The van der Waals surface area contributed by atoms with Gasteiger partial charge >= 0.3 is 5.97 Å². The van der Waals surface area contributed by atoms with E-state index in [0.717, 1.165) is 32.9 Å². The number of amides is 2. The first-order chi connectivity index (χ1) is 21.8. The molecule has 3 heterocycles. The molecule has 2 unspecified atom stereocenters. The van der Waals surface area contributed by atoms with Crippen molar-refractivity contribution in [1.29, 1.82) is 0 Å². The van der Waals surface area contributed by atoms with E-state index >= 15 is 0 Å². The van der Waals surface area contributed by atoms with Gasteiger partial charge in [-0.15, -0.1) is 0 Å². The number of rotatable bonds is 9. The van der Waals surface area contributed by atoms with E-state index in [2.05, 4.69) is 20.8 Å². The highest BCUT2D eigenvalue weighted by molar-refractivity contribution is 7.20. The summed E-state index contributed by atoms with van der Waals surface area (Å²) in [4.78, 5) is 43.6. The number of β-lactam (4-membered cyclic amide) rings is 1. The molecule has 0 bridgehead atoms. The van der Waals surface area contributed by atoms with Crippen molar-refractivity contribution >= 4 is 63.2 Å². The Labute approximate surface area is 271 Å². The molecule has 45 heavy (non-hydrogen) atoms. The molecule has 4 N–H and O–H groups in total. The molecule has 6 rings (SSSR count). The SMILES string of the molecule is O=C(O)C1=C(Cl)CCC2C(NC(=O)/C(=N\O)c3nc(NC(c4ccccc4)(c4ccccc4)c4ccccc4)sc3Cl)C(=O)N12. The number of carboxylic acids is 1. The molecular formula is C32H25Cl2N5O5S. The molecule has 0 spiro atoms. The minimum absolute atomic E-state index is 0.0707. The zero-order valence-electron chi connectivity index (χ0n) is 23.4. The van der Waals surface area contributed by atoms with Crippen LogP contribution < -0.4 is 10.6 Å². The number of aliphatic carboxylic acids is 1. The Balaban J connectivity index is 1.32. The van der Waals surface area contributed by atoms with Gasteiger partial charge in [0.25, 0.3) is 11.8 Å². The van der Waals surface area contributed by atoms with Gasteiger partial charge in [0, 0.05) is 5.03 Å². The molecule has 1 fully saturated rings. The fourth-order valence-electron chi connectivity index (χ4n) is 5.87. The molecule has 2 aliphatic heterocycles. The van der Waals surface area contributed by atoms with Crippen molar-refractivity contribution in [3.63, 3.8) is 0 Å². The predicted molar refractivity (Wildman–Crippen MR) is 171 cm³/mol. The number of fused-ring (bicyclic) bond motifs is 1. The van der Waals surface area contributed by atoms with Crippen LogP contribution >= 0.6 is 34.5 Å². The van der Waals surface area contributed by atoms with E-state index in [9.17, 15) is 24.7 Å². The van der Waals surface area contributed by atoms with E-state index < -0.39 is 41.1 Å². The third kappa shape index (κ3) is 5.33. The molecular weight excluding hydrogens is 637 g/mol. The number of hydrogen-bond donors (Lipinski definition) is 4. The fourth-order valence-corrected chi connectivity index (χ4v) is 7.25. The molecule has 2 aliphatic rings. The number of allylic oxidation sites excluding steroid dienone is 1. The van der Waals surface area contributed by atoms with Crippen molar-refractivity contribution in [1.82, 2.24) is 15.2 Å². The third-order valence-corrected chi connectivity index (χ3v) is 9.44. The summed E-state index contributed by atoms with van der Waals surface area (Å²) in [6.07, 6.45) is 0.591. The number of carboxylic acid groups (broad SMARTS) is 1. The van der Waals surface area contributed by atoms with Gasteiger partial charge in [-0.05, 0) is 29.5 Å². The second kappa shape index (κ2) is 12.4. The Bertz CT molecular complexity index is 1740. The van der Waals surface area contributed by atoms with E-state index in [1.165, 1.54) is 0 Å². The van der Waals surface area contributed by atoms with E-state index in [0.29, 0.717) is 11.6 Å². The van der Waals surface area contributed by atoms with Crippen LogP contribution in [-0.4, -0.2) is 55.8 Å². The maximum atomic E-state index is 13.3. The summed E-state index contributed by atoms with van der Waals surface area (Å²) in [5.41, 5.74) is 0.937.